The van der Waals surface area contributed by atoms with Gasteiger partial charge in [-0.1, -0.05) is 18.2 Å². The third kappa shape index (κ3) is 4.50. The maximum atomic E-state index is 12.9. The van der Waals surface area contributed by atoms with E-state index >= 15 is 0 Å². The van der Waals surface area contributed by atoms with Crippen molar-refractivity contribution in [2.45, 2.75) is 6.54 Å². The largest absolute Gasteiger partial charge is 0.368 e. The molecule has 1 aromatic carbocycles. The van der Waals surface area contributed by atoms with Crippen LogP contribution in [0.2, 0.25) is 0 Å². The van der Waals surface area contributed by atoms with Gasteiger partial charge in [0.25, 0.3) is 5.91 Å². The average molecular weight is 445 g/mol. The molecule has 1 aliphatic rings. The number of thiazole rings is 1. The van der Waals surface area contributed by atoms with E-state index < -0.39 is 0 Å². The van der Waals surface area contributed by atoms with Gasteiger partial charge in [-0.3, -0.25) is 15.1 Å². The van der Waals surface area contributed by atoms with Crippen LogP contribution < -0.4 is 15.1 Å². The van der Waals surface area contributed by atoms with Crippen LogP contribution >= 0.6 is 11.3 Å². The second-order valence-electron chi connectivity index (χ2n) is 7.65. The number of piperazine rings is 1. The predicted molar refractivity (Wildman–Crippen MR) is 129 cm³/mol. The minimum Gasteiger partial charge on any atom is -0.368 e. The summed E-state index contributed by atoms with van der Waals surface area (Å²) in [4.78, 5) is 26.3. The second-order valence-corrected chi connectivity index (χ2v) is 8.51. The fourth-order valence-corrected chi connectivity index (χ4v) is 4.62. The van der Waals surface area contributed by atoms with Crippen LogP contribution in [0.5, 0.6) is 0 Å². The van der Waals surface area contributed by atoms with Crippen LogP contribution in [0, 0.1) is 0 Å². The number of carbonyl (C=O) groups is 1. The van der Waals surface area contributed by atoms with Crippen molar-refractivity contribution < 1.29 is 4.79 Å². The Morgan fingerprint density at radius 3 is 2.47 bits per heavy atom. The van der Waals surface area contributed by atoms with Crippen molar-refractivity contribution in [2.24, 2.45) is 0 Å². The fraction of sp³-hybridized carbons (Fsp3) is 0.208. The van der Waals surface area contributed by atoms with Gasteiger partial charge in [0, 0.05) is 62.4 Å². The Hall–Kier alpha value is -3.65. The summed E-state index contributed by atoms with van der Waals surface area (Å²) in [5, 5.41) is 5.60. The Morgan fingerprint density at radius 2 is 1.69 bits per heavy atom. The van der Waals surface area contributed by atoms with Crippen LogP contribution in [-0.4, -0.2) is 46.6 Å². The number of rotatable bonds is 6. The number of nitrogens with one attached hydrogen (secondary N) is 1. The molecule has 0 saturated carbocycles. The lowest BCUT2D eigenvalue weighted by Crippen LogP contribution is -2.46. The summed E-state index contributed by atoms with van der Waals surface area (Å²) in [5.74, 6) is 0.768. The van der Waals surface area contributed by atoms with E-state index in [1.165, 1.54) is 17.0 Å². The molecule has 0 atom stereocenters. The monoisotopic (exact) mass is 444 g/mol. The molecular weight excluding hydrogens is 420 g/mol. The molecule has 1 fully saturated rings. The zero-order chi connectivity index (χ0) is 21.8. The number of pyridine rings is 1. The number of aromatic nitrogens is 3. The van der Waals surface area contributed by atoms with Crippen molar-refractivity contribution in [3.05, 3.63) is 89.8 Å². The van der Waals surface area contributed by atoms with Crippen molar-refractivity contribution in [3.8, 4) is 0 Å². The number of nitrogens with zero attached hydrogens (tertiary/aromatic N) is 5. The summed E-state index contributed by atoms with van der Waals surface area (Å²) in [6.45, 7) is 4.33. The van der Waals surface area contributed by atoms with Gasteiger partial charge in [0.1, 0.15) is 11.5 Å². The van der Waals surface area contributed by atoms with E-state index in [2.05, 4.69) is 49.4 Å². The number of carbonyl (C=O) groups excluding carboxylic acids is 1. The summed E-state index contributed by atoms with van der Waals surface area (Å²) < 4.78 is 1.93. The predicted octanol–water partition coefficient (Wildman–Crippen LogP) is 3.97. The van der Waals surface area contributed by atoms with Crippen molar-refractivity contribution >= 4 is 33.9 Å². The Morgan fingerprint density at radius 1 is 0.938 bits per heavy atom. The molecule has 8 heteroatoms. The molecule has 3 aromatic heterocycles. The molecule has 162 valence electrons. The van der Waals surface area contributed by atoms with Crippen LogP contribution in [0.3, 0.4) is 0 Å². The molecule has 32 heavy (non-hydrogen) atoms. The average Bonchev–Trinajstić information content (AvgIpc) is 3.50. The smallest absolute Gasteiger partial charge is 0.274 e. The normalized spacial score (nSPS) is 13.9. The zero-order valence-corrected chi connectivity index (χ0v) is 18.4. The Balaban J connectivity index is 1.20. The molecule has 0 radical (unpaired) electrons. The van der Waals surface area contributed by atoms with E-state index in [4.69, 9.17) is 0 Å². The van der Waals surface area contributed by atoms with E-state index in [-0.39, 0.29) is 5.91 Å². The van der Waals surface area contributed by atoms with Crippen LogP contribution in [-0.2, 0) is 6.54 Å². The lowest BCUT2D eigenvalue weighted by atomic mass is 10.2. The Bertz CT molecular complexity index is 1170. The van der Waals surface area contributed by atoms with Gasteiger partial charge in [-0.05, 0) is 42.0 Å². The first-order chi connectivity index (χ1) is 15.8. The Labute approximate surface area is 191 Å². The van der Waals surface area contributed by atoms with Gasteiger partial charge >= 0.3 is 0 Å². The van der Waals surface area contributed by atoms with Crippen molar-refractivity contribution in [1.29, 1.82) is 0 Å². The molecule has 5 rings (SSSR count). The van der Waals surface area contributed by atoms with E-state index in [1.54, 1.807) is 12.4 Å². The molecule has 0 spiro atoms. The maximum Gasteiger partial charge on any atom is 0.274 e. The molecule has 4 heterocycles. The second kappa shape index (κ2) is 9.23. The molecule has 1 N–H and O–H groups in total. The topological polar surface area (TPSA) is 66.3 Å². The third-order valence-corrected chi connectivity index (χ3v) is 6.35. The zero-order valence-electron chi connectivity index (χ0n) is 17.6. The number of anilines is 3. The lowest BCUT2D eigenvalue weighted by Gasteiger charge is -2.36. The first-order valence-corrected chi connectivity index (χ1v) is 11.5. The highest BCUT2D eigenvalue weighted by Gasteiger charge is 2.20. The van der Waals surface area contributed by atoms with Gasteiger partial charge in [0.2, 0.25) is 0 Å². The molecular formula is C24H24N6OS. The van der Waals surface area contributed by atoms with E-state index in [0.717, 1.165) is 37.6 Å². The van der Waals surface area contributed by atoms with Crippen LogP contribution in [0.1, 0.15) is 16.1 Å². The van der Waals surface area contributed by atoms with Gasteiger partial charge in [-0.15, -0.1) is 11.3 Å². The summed E-state index contributed by atoms with van der Waals surface area (Å²) in [6, 6.07) is 18.1. The van der Waals surface area contributed by atoms with Gasteiger partial charge < -0.3 is 14.4 Å². The number of para-hydroxylation sites is 1. The number of hydrogen-bond acceptors (Lipinski definition) is 6. The molecule has 0 bridgehead atoms. The number of hydrogen-bond donors (Lipinski definition) is 1. The molecule has 7 nitrogen and oxygen atoms in total. The fourth-order valence-electron chi connectivity index (χ4n) is 3.90. The summed E-state index contributed by atoms with van der Waals surface area (Å²) in [7, 11) is 0. The number of benzene rings is 1. The van der Waals surface area contributed by atoms with Gasteiger partial charge in [-0.2, -0.15) is 0 Å². The van der Waals surface area contributed by atoms with Crippen molar-refractivity contribution in [1.82, 2.24) is 14.5 Å². The van der Waals surface area contributed by atoms with Crippen LogP contribution in [0.4, 0.5) is 16.6 Å². The SMILES string of the molecule is O=C(Nc1nc(N2CCN(c3ccccc3)CC2)cs1)c1cccn1Cc1ccncc1. The minimum atomic E-state index is -0.154. The maximum absolute atomic E-state index is 12.9. The van der Waals surface area contributed by atoms with Crippen LogP contribution in [0.15, 0.2) is 78.6 Å². The molecule has 1 aliphatic heterocycles. The highest BCUT2D eigenvalue weighted by atomic mass is 32.1. The minimum absolute atomic E-state index is 0.154. The summed E-state index contributed by atoms with van der Waals surface area (Å²) >= 11 is 1.46. The molecule has 0 aliphatic carbocycles. The lowest BCUT2D eigenvalue weighted by molar-refractivity contribution is 0.101. The highest BCUT2D eigenvalue weighted by Crippen LogP contribution is 2.25. The number of amides is 1. The molecule has 1 amide bonds. The molecule has 4 aromatic rings. The van der Waals surface area contributed by atoms with E-state index in [9.17, 15) is 4.79 Å². The summed E-state index contributed by atoms with van der Waals surface area (Å²) in [5.41, 5.74) is 2.96. The van der Waals surface area contributed by atoms with Gasteiger partial charge in [0.15, 0.2) is 5.13 Å². The first kappa shape index (κ1) is 20.3. The summed E-state index contributed by atoms with van der Waals surface area (Å²) in [6.07, 6.45) is 5.43. The van der Waals surface area contributed by atoms with Crippen molar-refractivity contribution in [2.75, 3.05) is 41.3 Å². The Kier molecular flexibility index (Phi) is 5.85. The van der Waals surface area contributed by atoms with E-state index in [0.29, 0.717) is 17.4 Å². The van der Waals surface area contributed by atoms with Gasteiger partial charge in [-0.25, -0.2) is 4.98 Å². The molecule has 1 saturated heterocycles. The first-order valence-electron chi connectivity index (χ1n) is 10.6. The standard InChI is InChI=1S/C24H24N6OS/c31-23(21-7-4-12-30(21)17-19-8-10-25-11-9-19)27-24-26-22(18-32-24)29-15-13-28(14-16-29)20-5-2-1-3-6-20/h1-12,18H,13-17H2,(H,26,27,31). The van der Waals surface area contributed by atoms with Gasteiger partial charge in [0.05, 0.1) is 0 Å². The van der Waals surface area contributed by atoms with Crippen LogP contribution in [0.25, 0.3) is 0 Å². The quantitative estimate of drug-likeness (QED) is 0.488. The third-order valence-electron chi connectivity index (χ3n) is 5.60. The van der Waals surface area contributed by atoms with E-state index in [1.807, 2.05) is 46.5 Å². The highest BCUT2D eigenvalue weighted by molar-refractivity contribution is 7.14. The molecule has 0 unspecified atom stereocenters. The van der Waals surface area contributed by atoms with Crippen molar-refractivity contribution in [3.63, 3.8) is 0 Å².